The van der Waals surface area contributed by atoms with E-state index in [1.165, 1.54) is 14.2 Å². The number of likely N-dealkylation sites (tertiary alicyclic amines) is 1. The summed E-state index contributed by atoms with van der Waals surface area (Å²) < 4.78 is 16.2. The van der Waals surface area contributed by atoms with Gasteiger partial charge in [0.05, 0.1) is 21.3 Å². The van der Waals surface area contributed by atoms with E-state index in [2.05, 4.69) is 9.97 Å². The fraction of sp³-hybridized carbons (Fsp3) is 0.333. The van der Waals surface area contributed by atoms with Crippen LogP contribution in [0, 0.1) is 0 Å². The Labute approximate surface area is 187 Å². The third kappa shape index (κ3) is 4.34. The lowest BCUT2D eigenvalue weighted by Gasteiger charge is -2.33. The van der Waals surface area contributed by atoms with Crippen molar-refractivity contribution < 1.29 is 19.0 Å². The number of hydrogen-bond acceptors (Lipinski definition) is 7. The second-order valence-electron chi connectivity index (χ2n) is 7.55. The van der Waals surface area contributed by atoms with Gasteiger partial charge < -0.3 is 19.1 Å². The van der Waals surface area contributed by atoms with E-state index >= 15 is 0 Å². The fourth-order valence-electron chi connectivity index (χ4n) is 4.02. The van der Waals surface area contributed by atoms with Gasteiger partial charge in [0.2, 0.25) is 5.75 Å². The minimum atomic E-state index is -0.0736. The molecule has 8 nitrogen and oxygen atoms in total. The van der Waals surface area contributed by atoms with Crippen LogP contribution in [-0.2, 0) is 0 Å². The minimum Gasteiger partial charge on any atom is -0.493 e. The molecule has 1 amide bonds. The van der Waals surface area contributed by atoms with Crippen LogP contribution in [0.4, 0.5) is 0 Å². The van der Waals surface area contributed by atoms with Gasteiger partial charge in [-0.15, -0.1) is 0 Å². The number of benzene rings is 1. The molecular weight excluding hydrogens is 408 g/mol. The Morgan fingerprint density at radius 3 is 2.50 bits per heavy atom. The lowest BCUT2D eigenvalue weighted by atomic mass is 9.94. The number of aromatic nitrogens is 3. The molecular formula is C24H26N4O4. The molecule has 1 aliphatic heterocycles. The summed E-state index contributed by atoms with van der Waals surface area (Å²) in [6.07, 6.45) is 7.10. The number of nitrogens with zero attached hydrogens (tertiary/aromatic N) is 4. The maximum Gasteiger partial charge on any atom is 0.254 e. The molecule has 1 fully saturated rings. The van der Waals surface area contributed by atoms with Crippen molar-refractivity contribution in [3.8, 4) is 28.6 Å². The standard InChI is InChI=1S/C24H26N4O4/c1-30-20-12-18(13-21(31-2)22(20)32-3)24(29)28-11-5-7-17(15-28)19-8-10-26-23(27-19)16-6-4-9-25-14-16/h4,6,8-10,12-14,17H,5,7,11,15H2,1-3H3. The second kappa shape index (κ2) is 9.64. The molecule has 0 aliphatic carbocycles. The van der Waals surface area contributed by atoms with Crippen molar-refractivity contribution in [1.29, 1.82) is 0 Å². The van der Waals surface area contributed by atoms with Crippen LogP contribution in [0.2, 0.25) is 0 Å². The summed E-state index contributed by atoms with van der Waals surface area (Å²) in [5, 5.41) is 0. The largest absolute Gasteiger partial charge is 0.493 e. The van der Waals surface area contributed by atoms with Crippen molar-refractivity contribution in [3.63, 3.8) is 0 Å². The van der Waals surface area contributed by atoms with Gasteiger partial charge in [0.1, 0.15) is 0 Å². The van der Waals surface area contributed by atoms with Gasteiger partial charge in [-0.2, -0.15) is 0 Å². The van der Waals surface area contributed by atoms with Crippen LogP contribution in [0.15, 0.2) is 48.9 Å². The zero-order valence-corrected chi connectivity index (χ0v) is 18.4. The molecule has 2 aromatic heterocycles. The van der Waals surface area contributed by atoms with E-state index in [0.29, 0.717) is 41.7 Å². The summed E-state index contributed by atoms with van der Waals surface area (Å²) >= 11 is 0. The Morgan fingerprint density at radius 2 is 1.84 bits per heavy atom. The van der Waals surface area contributed by atoms with Gasteiger partial charge >= 0.3 is 0 Å². The molecule has 0 N–H and O–H groups in total. The molecule has 3 heterocycles. The van der Waals surface area contributed by atoms with Crippen LogP contribution in [0.5, 0.6) is 17.2 Å². The smallest absolute Gasteiger partial charge is 0.254 e. The molecule has 1 aliphatic rings. The predicted molar refractivity (Wildman–Crippen MR) is 119 cm³/mol. The third-order valence-corrected chi connectivity index (χ3v) is 5.64. The van der Waals surface area contributed by atoms with Gasteiger partial charge in [-0.1, -0.05) is 0 Å². The summed E-state index contributed by atoms with van der Waals surface area (Å²) in [5.74, 6) is 2.08. The monoisotopic (exact) mass is 434 g/mol. The van der Waals surface area contributed by atoms with Gasteiger partial charge in [-0.05, 0) is 43.2 Å². The van der Waals surface area contributed by atoms with Gasteiger partial charge in [-0.25, -0.2) is 9.97 Å². The Kier molecular flexibility index (Phi) is 6.49. The summed E-state index contributed by atoms with van der Waals surface area (Å²) in [5.41, 5.74) is 2.30. The van der Waals surface area contributed by atoms with Crippen LogP contribution in [0.1, 0.15) is 34.8 Å². The molecule has 3 aromatic rings. The Morgan fingerprint density at radius 1 is 1.06 bits per heavy atom. The number of carbonyl (C=O) groups is 1. The number of rotatable bonds is 6. The van der Waals surface area contributed by atoms with Gasteiger partial charge in [0.15, 0.2) is 17.3 Å². The number of amides is 1. The van der Waals surface area contributed by atoms with Gasteiger partial charge in [-0.3, -0.25) is 9.78 Å². The number of piperidine rings is 1. The first-order valence-corrected chi connectivity index (χ1v) is 10.5. The lowest BCUT2D eigenvalue weighted by Crippen LogP contribution is -2.39. The zero-order valence-electron chi connectivity index (χ0n) is 18.4. The lowest BCUT2D eigenvalue weighted by molar-refractivity contribution is 0.0705. The van der Waals surface area contributed by atoms with E-state index in [4.69, 9.17) is 19.2 Å². The molecule has 1 aromatic carbocycles. The number of methoxy groups -OCH3 is 3. The third-order valence-electron chi connectivity index (χ3n) is 5.64. The zero-order chi connectivity index (χ0) is 22.5. The highest BCUT2D eigenvalue weighted by Crippen LogP contribution is 2.39. The number of hydrogen-bond donors (Lipinski definition) is 0. The molecule has 1 atom stereocenters. The molecule has 0 spiro atoms. The molecule has 4 rings (SSSR count). The highest BCUT2D eigenvalue weighted by molar-refractivity contribution is 5.95. The van der Waals surface area contributed by atoms with E-state index in [9.17, 15) is 4.79 Å². The number of carbonyl (C=O) groups excluding carboxylic acids is 1. The molecule has 1 unspecified atom stereocenters. The second-order valence-corrected chi connectivity index (χ2v) is 7.55. The summed E-state index contributed by atoms with van der Waals surface area (Å²) in [4.78, 5) is 28.5. The van der Waals surface area contributed by atoms with Crippen LogP contribution in [-0.4, -0.2) is 60.2 Å². The summed E-state index contributed by atoms with van der Waals surface area (Å²) in [7, 11) is 4.62. The predicted octanol–water partition coefficient (Wildman–Crippen LogP) is 3.58. The maximum atomic E-state index is 13.3. The van der Waals surface area contributed by atoms with Crippen LogP contribution >= 0.6 is 0 Å². The molecule has 0 saturated carbocycles. The topological polar surface area (TPSA) is 86.7 Å². The fourth-order valence-corrected chi connectivity index (χ4v) is 4.02. The highest BCUT2D eigenvalue weighted by Gasteiger charge is 2.28. The quantitative estimate of drug-likeness (QED) is 0.586. The molecule has 0 bridgehead atoms. The van der Waals surface area contributed by atoms with Crippen LogP contribution in [0.25, 0.3) is 11.4 Å². The van der Waals surface area contributed by atoms with Crippen molar-refractivity contribution in [2.75, 3.05) is 34.4 Å². The Balaban J connectivity index is 1.57. The first kappa shape index (κ1) is 21.5. The summed E-state index contributed by atoms with van der Waals surface area (Å²) in [6.45, 7) is 1.27. The van der Waals surface area contributed by atoms with Crippen molar-refractivity contribution in [1.82, 2.24) is 19.9 Å². The summed E-state index contributed by atoms with van der Waals surface area (Å²) in [6, 6.07) is 9.12. The molecule has 1 saturated heterocycles. The van der Waals surface area contributed by atoms with E-state index in [1.54, 1.807) is 37.8 Å². The number of pyridine rings is 1. The van der Waals surface area contributed by atoms with Crippen molar-refractivity contribution in [3.05, 3.63) is 60.2 Å². The van der Waals surface area contributed by atoms with Crippen molar-refractivity contribution >= 4 is 5.91 Å². The SMILES string of the molecule is COc1cc(C(=O)N2CCCC(c3ccnc(-c4cccnc4)n3)C2)cc(OC)c1OC. The van der Waals surface area contributed by atoms with E-state index in [-0.39, 0.29) is 11.8 Å². The van der Waals surface area contributed by atoms with Crippen LogP contribution in [0.3, 0.4) is 0 Å². The number of ether oxygens (including phenoxy) is 3. The molecule has 0 radical (unpaired) electrons. The maximum absolute atomic E-state index is 13.3. The van der Waals surface area contributed by atoms with Gasteiger partial charge in [0.25, 0.3) is 5.91 Å². The van der Waals surface area contributed by atoms with E-state index in [0.717, 1.165) is 24.1 Å². The van der Waals surface area contributed by atoms with Crippen molar-refractivity contribution in [2.24, 2.45) is 0 Å². The van der Waals surface area contributed by atoms with Gasteiger partial charge in [0, 0.05) is 54.4 Å². The van der Waals surface area contributed by atoms with E-state index in [1.807, 2.05) is 23.1 Å². The molecule has 8 heteroatoms. The molecule has 32 heavy (non-hydrogen) atoms. The molecule has 166 valence electrons. The first-order valence-electron chi connectivity index (χ1n) is 10.5. The normalized spacial score (nSPS) is 15.8. The first-order chi connectivity index (χ1) is 15.6. The average Bonchev–Trinajstić information content (AvgIpc) is 2.88. The minimum absolute atomic E-state index is 0.0736. The van der Waals surface area contributed by atoms with E-state index < -0.39 is 0 Å². The highest BCUT2D eigenvalue weighted by atomic mass is 16.5. The Hall–Kier alpha value is -3.68. The average molecular weight is 434 g/mol. The van der Waals surface area contributed by atoms with Crippen LogP contribution < -0.4 is 14.2 Å². The Bertz CT molecular complexity index is 1070. The van der Waals surface area contributed by atoms with Crippen molar-refractivity contribution in [2.45, 2.75) is 18.8 Å².